The lowest BCUT2D eigenvalue weighted by molar-refractivity contribution is -0.494. The van der Waals surface area contributed by atoms with Crippen molar-refractivity contribution in [1.29, 1.82) is 0 Å². The molecule has 0 amide bonds. The van der Waals surface area contributed by atoms with Crippen LogP contribution in [0.4, 0.5) is 0 Å². The van der Waals surface area contributed by atoms with Gasteiger partial charge in [0.25, 0.3) is 0 Å². The lowest BCUT2D eigenvalue weighted by Gasteiger charge is -2.15. The summed E-state index contributed by atoms with van der Waals surface area (Å²) >= 11 is 0. The summed E-state index contributed by atoms with van der Waals surface area (Å²) < 4.78 is 0. The van der Waals surface area contributed by atoms with Gasteiger partial charge < -0.3 is 0 Å². The van der Waals surface area contributed by atoms with Crippen LogP contribution >= 0.6 is 0 Å². The molecule has 0 radical (unpaired) electrons. The molecular formula is C17H14N+. The van der Waals surface area contributed by atoms with Crippen molar-refractivity contribution < 1.29 is 4.99 Å². The molecule has 1 aliphatic carbocycles. The Balaban J connectivity index is 1.81. The zero-order valence-corrected chi connectivity index (χ0v) is 10.0. The highest BCUT2D eigenvalue weighted by Gasteiger charge is 2.23. The number of nitrogens with one attached hydrogen (secondary N) is 1. The summed E-state index contributed by atoms with van der Waals surface area (Å²) in [7, 11) is 0. The first kappa shape index (κ1) is 10.8. The van der Waals surface area contributed by atoms with Crippen LogP contribution in [0.3, 0.4) is 0 Å². The molecule has 0 aromatic heterocycles. The highest BCUT2D eigenvalue weighted by molar-refractivity contribution is 6.05. The van der Waals surface area contributed by atoms with Crippen LogP contribution < -0.4 is 4.99 Å². The molecule has 86 valence electrons. The molecule has 0 saturated carbocycles. The molecule has 2 atom stereocenters. The van der Waals surface area contributed by atoms with Crippen LogP contribution in [0, 0.1) is 17.8 Å². The molecule has 1 heteroatoms. The Morgan fingerprint density at radius 1 is 0.889 bits per heavy atom. The first-order chi connectivity index (χ1) is 8.92. The zero-order valence-electron chi connectivity index (χ0n) is 10.0. The van der Waals surface area contributed by atoms with Crippen molar-refractivity contribution in [1.82, 2.24) is 0 Å². The number of hydrogen-bond acceptors (Lipinski definition) is 0. The molecule has 3 rings (SSSR count). The Kier molecular flexibility index (Phi) is 2.94. The molecule has 1 aromatic carbocycles. The molecule has 2 aliphatic rings. The minimum atomic E-state index is 0.347. The van der Waals surface area contributed by atoms with Gasteiger partial charge >= 0.3 is 0 Å². The van der Waals surface area contributed by atoms with Crippen LogP contribution in [-0.4, -0.2) is 11.8 Å². The lowest BCUT2D eigenvalue weighted by Crippen LogP contribution is -2.81. The largest absolute Gasteiger partial charge is 0.250 e. The molecule has 1 aromatic rings. The Bertz CT molecular complexity index is 606. The zero-order chi connectivity index (χ0) is 12.2. The van der Waals surface area contributed by atoms with Gasteiger partial charge in [-0.05, 0) is 18.2 Å². The molecule has 2 unspecified atom stereocenters. The van der Waals surface area contributed by atoms with Gasteiger partial charge in [0, 0.05) is 17.6 Å². The quantitative estimate of drug-likeness (QED) is 0.647. The molecule has 0 fully saturated rings. The first-order valence-electron chi connectivity index (χ1n) is 6.15. The fraction of sp³-hybridized carbons (Fsp3) is 0.118. The predicted octanol–water partition coefficient (Wildman–Crippen LogP) is 1.24. The van der Waals surface area contributed by atoms with E-state index in [4.69, 9.17) is 0 Å². The maximum Gasteiger partial charge on any atom is 0.250 e. The van der Waals surface area contributed by atoms with E-state index in [1.807, 2.05) is 30.3 Å². The van der Waals surface area contributed by atoms with Gasteiger partial charge in [-0.15, -0.1) is 0 Å². The second-order valence-corrected chi connectivity index (χ2v) is 4.41. The molecule has 18 heavy (non-hydrogen) atoms. The van der Waals surface area contributed by atoms with Gasteiger partial charge in [-0.2, -0.15) is 0 Å². The van der Waals surface area contributed by atoms with E-state index >= 15 is 0 Å². The fourth-order valence-electron chi connectivity index (χ4n) is 2.13. The van der Waals surface area contributed by atoms with E-state index in [9.17, 15) is 0 Å². The molecule has 1 aliphatic heterocycles. The third kappa shape index (κ3) is 2.33. The van der Waals surface area contributed by atoms with Gasteiger partial charge in [-0.1, -0.05) is 48.4 Å². The van der Waals surface area contributed by atoms with Crippen molar-refractivity contribution in [3.8, 4) is 11.8 Å². The number of benzene rings is 1. The van der Waals surface area contributed by atoms with Gasteiger partial charge in [-0.3, -0.25) is 0 Å². The van der Waals surface area contributed by atoms with Crippen LogP contribution in [0.2, 0.25) is 0 Å². The van der Waals surface area contributed by atoms with Crippen LogP contribution in [0.1, 0.15) is 5.56 Å². The molecule has 0 spiro atoms. The van der Waals surface area contributed by atoms with E-state index in [0.29, 0.717) is 12.0 Å². The summed E-state index contributed by atoms with van der Waals surface area (Å²) in [5.41, 5.74) is 2.03. The van der Waals surface area contributed by atoms with E-state index in [-0.39, 0.29) is 0 Å². The molecule has 1 nitrogen and oxygen atoms in total. The van der Waals surface area contributed by atoms with E-state index < -0.39 is 0 Å². The standard InChI is InChI=1S/C17H13N/c1-2-6-14(7-3-1)10-12-16-13-11-15-8-4-5-9-17(15)18-16/h1-9,11,13,15,17H/p+1. The van der Waals surface area contributed by atoms with E-state index in [2.05, 4.69) is 53.3 Å². The second-order valence-electron chi connectivity index (χ2n) is 4.41. The smallest absolute Gasteiger partial charge is 0.227 e. The van der Waals surface area contributed by atoms with Gasteiger partial charge in [-0.25, -0.2) is 4.99 Å². The summed E-state index contributed by atoms with van der Waals surface area (Å²) in [6.45, 7) is 0. The van der Waals surface area contributed by atoms with Gasteiger partial charge in [0.15, 0.2) is 6.04 Å². The highest BCUT2D eigenvalue weighted by Crippen LogP contribution is 2.12. The summed E-state index contributed by atoms with van der Waals surface area (Å²) in [5, 5.41) is 0. The third-order valence-electron chi connectivity index (χ3n) is 3.10. The summed E-state index contributed by atoms with van der Waals surface area (Å²) in [6.07, 6.45) is 12.8. The fourth-order valence-corrected chi connectivity index (χ4v) is 2.13. The minimum Gasteiger partial charge on any atom is -0.227 e. The normalized spacial score (nSPS) is 23.9. The van der Waals surface area contributed by atoms with Crippen molar-refractivity contribution in [2.75, 3.05) is 0 Å². The Morgan fingerprint density at radius 3 is 2.61 bits per heavy atom. The van der Waals surface area contributed by atoms with E-state index in [1.54, 1.807) is 0 Å². The summed E-state index contributed by atoms with van der Waals surface area (Å²) in [6, 6.07) is 10.4. The van der Waals surface area contributed by atoms with Crippen LogP contribution in [0.25, 0.3) is 0 Å². The lowest BCUT2D eigenvalue weighted by atomic mass is 9.92. The Morgan fingerprint density at radius 2 is 1.72 bits per heavy atom. The molecule has 0 saturated heterocycles. The van der Waals surface area contributed by atoms with Crippen LogP contribution in [0.15, 0.2) is 66.8 Å². The van der Waals surface area contributed by atoms with Crippen molar-refractivity contribution in [2.24, 2.45) is 5.92 Å². The number of rotatable bonds is 0. The maximum atomic E-state index is 3.44. The van der Waals surface area contributed by atoms with Crippen LogP contribution in [-0.2, 0) is 0 Å². The SMILES string of the molecule is C(#Cc1ccccc1)C1=[NH+]C2C=CC=CC2C=C1. The monoisotopic (exact) mass is 232 g/mol. The van der Waals surface area contributed by atoms with Crippen molar-refractivity contribution in [3.63, 3.8) is 0 Å². The van der Waals surface area contributed by atoms with Gasteiger partial charge in [0.1, 0.15) is 0 Å². The van der Waals surface area contributed by atoms with Crippen molar-refractivity contribution >= 4 is 5.71 Å². The highest BCUT2D eigenvalue weighted by atomic mass is 14.8. The predicted molar refractivity (Wildman–Crippen MR) is 74.0 cm³/mol. The molecule has 1 heterocycles. The number of hydrogen-bond donors (Lipinski definition) is 1. The molecule has 0 bridgehead atoms. The van der Waals surface area contributed by atoms with Crippen LogP contribution in [0.5, 0.6) is 0 Å². The summed E-state index contributed by atoms with van der Waals surface area (Å²) in [5.74, 6) is 6.80. The second kappa shape index (κ2) is 4.89. The molecular weight excluding hydrogens is 218 g/mol. The number of fused-ring (bicyclic) bond motifs is 1. The Hall–Kier alpha value is -2.33. The first-order valence-corrected chi connectivity index (χ1v) is 6.15. The average Bonchev–Trinajstić information content (AvgIpc) is 2.46. The average molecular weight is 232 g/mol. The van der Waals surface area contributed by atoms with Crippen molar-refractivity contribution in [3.05, 3.63) is 72.4 Å². The van der Waals surface area contributed by atoms with Gasteiger partial charge in [0.05, 0.1) is 5.92 Å². The molecule has 1 N–H and O–H groups in total. The van der Waals surface area contributed by atoms with E-state index in [0.717, 1.165) is 11.3 Å². The summed E-state index contributed by atoms with van der Waals surface area (Å²) in [4.78, 5) is 3.44. The van der Waals surface area contributed by atoms with E-state index in [1.165, 1.54) is 0 Å². The van der Waals surface area contributed by atoms with Crippen molar-refractivity contribution in [2.45, 2.75) is 6.04 Å². The van der Waals surface area contributed by atoms with Gasteiger partial charge in [0.2, 0.25) is 5.71 Å². The maximum absolute atomic E-state index is 3.44. The topological polar surface area (TPSA) is 14.0 Å². The minimum absolute atomic E-state index is 0.347. The Labute approximate surface area is 107 Å². The number of allylic oxidation sites excluding steroid dienone is 3. The third-order valence-corrected chi connectivity index (χ3v) is 3.10.